The average Bonchev–Trinajstić information content (AvgIpc) is 2.60. The fourth-order valence-corrected chi connectivity index (χ4v) is 2.40. The molecule has 0 radical (unpaired) electrons. The zero-order valence-corrected chi connectivity index (χ0v) is 11.6. The molecule has 0 saturated heterocycles. The first-order chi connectivity index (χ1) is 7.63. The first-order valence-corrected chi connectivity index (χ1v) is 6.44. The molecule has 1 aromatic heterocycles. The molecule has 0 bridgehead atoms. The molecule has 2 aromatic rings. The maximum absolute atomic E-state index is 13.0. The monoisotopic (exact) mass is 347 g/mol. The van der Waals surface area contributed by atoms with Gasteiger partial charge in [0.1, 0.15) is 11.6 Å². The van der Waals surface area contributed by atoms with Gasteiger partial charge in [-0.2, -0.15) is 0 Å². The highest BCUT2D eigenvalue weighted by molar-refractivity contribution is 9.10. The molecule has 0 spiro atoms. The third kappa shape index (κ3) is 2.04. The van der Waals surface area contributed by atoms with E-state index in [0.29, 0.717) is 15.6 Å². The summed E-state index contributed by atoms with van der Waals surface area (Å²) in [6, 6.07) is 4.50. The van der Waals surface area contributed by atoms with Crippen LogP contribution < -0.4 is 0 Å². The van der Waals surface area contributed by atoms with E-state index in [1.54, 1.807) is 6.07 Å². The molecule has 1 heterocycles. The molecule has 0 N–H and O–H groups in total. The topological polar surface area (TPSA) is 30.7 Å². The molecule has 0 aliphatic carbocycles. The van der Waals surface area contributed by atoms with Gasteiger partial charge in [0.05, 0.1) is 5.33 Å². The number of aromatic nitrogens is 3. The van der Waals surface area contributed by atoms with Crippen molar-refractivity contribution in [3.05, 3.63) is 34.3 Å². The van der Waals surface area contributed by atoms with Gasteiger partial charge in [-0.15, -0.1) is 10.2 Å². The highest BCUT2D eigenvalue weighted by Crippen LogP contribution is 2.27. The van der Waals surface area contributed by atoms with Crippen molar-refractivity contribution in [2.75, 3.05) is 0 Å². The Morgan fingerprint density at radius 3 is 2.69 bits per heavy atom. The lowest BCUT2D eigenvalue weighted by molar-refractivity contribution is 0.627. The van der Waals surface area contributed by atoms with Crippen LogP contribution in [0.4, 0.5) is 4.39 Å². The summed E-state index contributed by atoms with van der Waals surface area (Å²) in [5, 5.41) is 8.74. The van der Waals surface area contributed by atoms with Crippen molar-refractivity contribution in [2.24, 2.45) is 7.05 Å². The molecule has 2 rings (SSSR count). The Labute approximate surface area is 109 Å². The number of benzene rings is 1. The van der Waals surface area contributed by atoms with Gasteiger partial charge < -0.3 is 4.57 Å². The third-order valence-electron chi connectivity index (χ3n) is 2.26. The number of halogens is 3. The van der Waals surface area contributed by atoms with Gasteiger partial charge in [-0.1, -0.05) is 15.9 Å². The Bertz CT molecular complexity index is 525. The van der Waals surface area contributed by atoms with E-state index < -0.39 is 0 Å². The van der Waals surface area contributed by atoms with Gasteiger partial charge in [-0.25, -0.2) is 4.39 Å². The number of hydrogen-bond acceptors (Lipinski definition) is 2. The van der Waals surface area contributed by atoms with Gasteiger partial charge in [0.15, 0.2) is 5.82 Å². The van der Waals surface area contributed by atoms with E-state index in [0.717, 1.165) is 11.4 Å². The Morgan fingerprint density at radius 2 is 2.12 bits per heavy atom. The predicted molar refractivity (Wildman–Crippen MR) is 66.7 cm³/mol. The summed E-state index contributed by atoms with van der Waals surface area (Å²) >= 11 is 6.65. The average molecular weight is 349 g/mol. The fourth-order valence-electron chi connectivity index (χ4n) is 1.38. The smallest absolute Gasteiger partial charge is 0.164 e. The van der Waals surface area contributed by atoms with Crippen LogP contribution in [-0.4, -0.2) is 14.8 Å². The van der Waals surface area contributed by atoms with Crippen LogP contribution in [0.5, 0.6) is 0 Å². The molecule has 16 heavy (non-hydrogen) atoms. The number of alkyl halides is 1. The van der Waals surface area contributed by atoms with E-state index in [-0.39, 0.29) is 5.82 Å². The van der Waals surface area contributed by atoms with Gasteiger partial charge in [-0.05, 0) is 34.1 Å². The van der Waals surface area contributed by atoms with Crippen molar-refractivity contribution in [3.8, 4) is 11.4 Å². The highest BCUT2D eigenvalue weighted by atomic mass is 79.9. The predicted octanol–water partition coefficient (Wildman–Crippen LogP) is 3.28. The zero-order valence-electron chi connectivity index (χ0n) is 8.41. The SMILES string of the molecule is Cn1c(CBr)nnc1-c1ccc(F)cc1Br. The first-order valence-electron chi connectivity index (χ1n) is 4.53. The van der Waals surface area contributed by atoms with Crippen LogP contribution in [0.15, 0.2) is 22.7 Å². The molecule has 0 fully saturated rings. The molecule has 0 atom stereocenters. The lowest BCUT2D eigenvalue weighted by Crippen LogP contribution is -1.97. The molecule has 0 saturated carbocycles. The van der Waals surface area contributed by atoms with Crippen LogP contribution in [-0.2, 0) is 12.4 Å². The quantitative estimate of drug-likeness (QED) is 0.780. The van der Waals surface area contributed by atoms with Crippen LogP contribution in [0, 0.1) is 5.82 Å². The minimum atomic E-state index is -0.279. The van der Waals surface area contributed by atoms with E-state index in [1.807, 2.05) is 11.6 Å². The number of rotatable bonds is 2. The molecule has 6 heteroatoms. The summed E-state index contributed by atoms with van der Waals surface area (Å²) in [6.07, 6.45) is 0. The van der Waals surface area contributed by atoms with Crippen LogP contribution in [0.25, 0.3) is 11.4 Å². The third-order valence-corrected chi connectivity index (χ3v) is 3.41. The summed E-state index contributed by atoms with van der Waals surface area (Å²) in [5.74, 6) is 1.26. The first kappa shape index (κ1) is 11.7. The lowest BCUT2D eigenvalue weighted by Gasteiger charge is -2.04. The van der Waals surface area contributed by atoms with Gasteiger partial charge >= 0.3 is 0 Å². The molecular weight excluding hydrogens is 341 g/mol. The van der Waals surface area contributed by atoms with E-state index in [2.05, 4.69) is 42.1 Å². The van der Waals surface area contributed by atoms with Gasteiger partial charge in [0.2, 0.25) is 0 Å². The van der Waals surface area contributed by atoms with Gasteiger partial charge in [-0.3, -0.25) is 0 Å². The van der Waals surface area contributed by atoms with Crippen molar-refractivity contribution < 1.29 is 4.39 Å². The second kappa shape index (κ2) is 4.63. The molecule has 84 valence electrons. The Hall–Kier alpha value is -0.750. The van der Waals surface area contributed by atoms with E-state index in [4.69, 9.17) is 0 Å². The molecular formula is C10H8Br2FN3. The number of nitrogens with zero attached hydrogens (tertiary/aromatic N) is 3. The summed E-state index contributed by atoms with van der Waals surface area (Å²) < 4.78 is 15.5. The fraction of sp³-hybridized carbons (Fsp3) is 0.200. The summed E-state index contributed by atoms with van der Waals surface area (Å²) in [5.41, 5.74) is 0.823. The minimum absolute atomic E-state index is 0.279. The van der Waals surface area contributed by atoms with Crippen LogP contribution >= 0.6 is 31.9 Å². The molecule has 3 nitrogen and oxygen atoms in total. The molecule has 1 aromatic carbocycles. The molecule has 0 amide bonds. The maximum Gasteiger partial charge on any atom is 0.164 e. The Morgan fingerprint density at radius 1 is 1.38 bits per heavy atom. The van der Waals surface area contributed by atoms with Crippen molar-refractivity contribution in [2.45, 2.75) is 5.33 Å². The van der Waals surface area contributed by atoms with E-state index in [1.165, 1.54) is 12.1 Å². The normalized spacial score (nSPS) is 10.8. The molecule has 0 aliphatic heterocycles. The highest BCUT2D eigenvalue weighted by Gasteiger charge is 2.12. The molecule has 0 aliphatic rings. The Balaban J connectivity index is 2.54. The minimum Gasteiger partial charge on any atom is -0.313 e. The maximum atomic E-state index is 13.0. The lowest BCUT2D eigenvalue weighted by atomic mass is 10.2. The Kier molecular flexibility index (Phi) is 3.39. The largest absolute Gasteiger partial charge is 0.313 e. The molecule has 0 unspecified atom stereocenters. The summed E-state index contributed by atoms with van der Waals surface area (Å²) in [6.45, 7) is 0. The second-order valence-electron chi connectivity index (χ2n) is 3.26. The van der Waals surface area contributed by atoms with E-state index in [9.17, 15) is 4.39 Å². The van der Waals surface area contributed by atoms with Crippen LogP contribution in [0.3, 0.4) is 0 Å². The van der Waals surface area contributed by atoms with Crippen molar-refractivity contribution in [1.29, 1.82) is 0 Å². The van der Waals surface area contributed by atoms with Crippen molar-refractivity contribution in [3.63, 3.8) is 0 Å². The second-order valence-corrected chi connectivity index (χ2v) is 4.67. The van der Waals surface area contributed by atoms with Crippen LogP contribution in [0.1, 0.15) is 5.82 Å². The van der Waals surface area contributed by atoms with E-state index >= 15 is 0 Å². The van der Waals surface area contributed by atoms with Crippen molar-refractivity contribution in [1.82, 2.24) is 14.8 Å². The summed E-state index contributed by atoms with van der Waals surface area (Å²) in [7, 11) is 1.88. The standard InChI is InChI=1S/C10H8Br2FN3/c1-16-9(5-11)14-15-10(16)7-3-2-6(13)4-8(7)12/h2-4H,5H2,1H3. The number of hydrogen-bond donors (Lipinski definition) is 0. The van der Waals surface area contributed by atoms with Crippen LogP contribution in [0.2, 0.25) is 0 Å². The van der Waals surface area contributed by atoms with Gasteiger partial charge in [0.25, 0.3) is 0 Å². The van der Waals surface area contributed by atoms with Gasteiger partial charge in [0, 0.05) is 17.1 Å². The van der Waals surface area contributed by atoms with Crippen molar-refractivity contribution >= 4 is 31.9 Å². The summed E-state index contributed by atoms with van der Waals surface area (Å²) in [4.78, 5) is 0. The zero-order chi connectivity index (χ0) is 11.7.